The maximum absolute atomic E-state index is 4.63. The normalized spacial score (nSPS) is 26.3. The molecule has 0 radical (unpaired) electrons. The highest BCUT2D eigenvalue weighted by Crippen LogP contribution is 2.32. The second kappa shape index (κ2) is 6.02. The van der Waals surface area contributed by atoms with Crippen molar-refractivity contribution in [3.63, 3.8) is 0 Å². The number of thiazole rings is 1. The Bertz CT molecular complexity index is 377. The number of rotatable bonds is 4. The predicted molar refractivity (Wildman–Crippen MR) is 79.4 cm³/mol. The monoisotopic (exact) mass is 267 g/mol. The van der Waals surface area contributed by atoms with Gasteiger partial charge >= 0.3 is 0 Å². The summed E-state index contributed by atoms with van der Waals surface area (Å²) >= 11 is 1.85. The van der Waals surface area contributed by atoms with Crippen molar-refractivity contribution >= 4 is 16.5 Å². The van der Waals surface area contributed by atoms with Crippen molar-refractivity contribution in [1.82, 2.24) is 10.3 Å². The fourth-order valence-electron chi connectivity index (χ4n) is 2.57. The molecule has 1 aliphatic rings. The summed E-state index contributed by atoms with van der Waals surface area (Å²) in [5, 5.41) is 4.65. The summed E-state index contributed by atoms with van der Waals surface area (Å²) in [6, 6.07) is 1.05. The van der Waals surface area contributed by atoms with E-state index in [9.17, 15) is 0 Å². The molecule has 1 saturated heterocycles. The second-order valence-electron chi connectivity index (χ2n) is 5.51. The molecule has 0 bridgehead atoms. The predicted octanol–water partition coefficient (Wildman–Crippen LogP) is 3.44. The van der Waals surface area contributed by atoms with Crippen LogP contribution in [-0.2, 0) is 0 Å². The minimum atomic E-state index is 0.416. The van der Waals surface area contributed by atoms with Gasteiger partial charge in [-0.05, 0) is 39.2 Å². The maximum atomic E-state index is 4.63. The highest BCUT2D eigenvalue weighted by atomic mass is 32.1. The van der Waals surface area contributed by atoms with Gasteiger partial charge in [-0.1, -0.05) is 13.8 Å². The lowest BCUT2D eigenvalue weighted by atomic mass is 9.96. The summed E-state index contributed by atoms with van der Waals surface area (Å²) in [5.41, 5.74) is 0. The largest absolute Gasteiger partial charge is 0.345 e. The Hall–Kier alpha value is -0.610. The third-order valence-corrected chi connectivity index (χ3v) is 5.03. The van der Waals surface area contributed by atoms with Crippen LogP contribution in [0.1, 0.15) is 51.5 Å². The van der Waals surface area contributed by atoms with Crippen LogP contribution in [0.25, 0.3) is 0 Å². The van der Waals surface area contributed by atoms with Gasteiger partial charge in [-0.3, -0.25) is 0 Å². The van der Waals surface area contributed by atoms with Gasteiger partial charge in [0.05, 0.1) is 0 Å². The highest BCUT2D eigenvalue weighted by molar-refractivity contribution is 7.15. The molecule has 0 aliphatic carbocycles. The summed E-state index contributed by atoms with van der Waals surface area (Å²) in [5.74, 6) is 0.791. The fraction of sp³-hybridized carbons (Fsp3) is 0.786. The van der Waals surface area contributed by atoms with Gasteiger partial charge < -0.3 is 10.2 Å². The van der Waals surface area contributed by atoms with E-state index in [1.54, 1.807) is 0 Å². The van der Waals surface area contributed by atoms with E-state index in [4.69, 9.17) is 0 Å². The van der Waals surface area contributed by atoms with Gasteiger partial charge in [-0.25, -0.2) is 4.98 Å². The van der Waals surface area contributed by atoms with Crippen LogP contribution in [0, 0.1) is 5.92 Å². The van der Waals surface area contributed by atoms with Gasteiger partial charge in [-0.2, -0.15) is 0 Å². The lowest BCUT2D eigenvalue weighted by molar-refractivity contribution is 0.390. The first-order chi connectivity index (χ1) is 8.61. The Morgan fingerprint density at radius 2 is 2.28 bits per heavy atom. The zero-order valence-electron chi connectivity index (χ0n) is 11.9. The van der Waals surface area contributed by atoms with Crippen LogP contribution in [0.4, 0.5) is 5.13 Å². The molecule has 3 unspecified atom stereocenters. The summed E-state index contributed by atoms with van der Waals surface area (Å²) in [7, 11) is 0. The number of nitrogens with zero attached hydrogens (tertiary/aromatic N) is 2. The molecule has 0 saturated carbocycles. The molecule has 3 nitrogen and oxygen atoms in total. The fourth-order valence-corrected chi connectivity index (χ4v) is 3.63. The second-order valence-corrected chi connectivity index (χ2v) is 6.55. The van der Waals surface area contributed by atoms with Crippen LogP contribution in [0.3, 0.4) is 0 Å². The zero-order chi connectivity index (χ0) is 13.1. The molecule has 4 heteroatoms. The summed E-state index contributed by atoms with van der Waals surface area (Å²) < 4.78 is 0. The van der Waals surface area contributed by atoms with Gasteiger partial charge in [0.2, 0.25) is 0 Å². The van der Waals surface area contributed by atoms with Gasteiger partial charge in [-0.15, -0.1) is 11.3 Å². The Labute approximate surface area is 115 Å². The number of aromatic nitrogens is 1. The minimum absolute atomic E-state index is 0.416. The molecule has 1 N–H and O–H groups in total. The maximum Gasteiger partial charge on any atom is 0.185 e. The molecule has 1 aromatic rings. The van der Waals surface area contributed by atoms with E-state index in [0.29, 0.717) is 12.1 Å². The third-order valence-electron chi connectivity index (χ3n) is 3.81. The number of anilines is 1. The van der Waals surface area contributed by atoms with E-state index in [1.165, 1.54) is 22.9 Å². The quantitative estimate of drug-likeness (QED) is 0.906. The molecule has 1 aromatic heterocycles. The Kier molecular flexibility index (Phi) is 4.62. The molecule has 18 heavy (non-hydrogen) atoms. The van der Waals surface area contributed by atoms with E-state index in [-0.39, 0.29) is 0 Å². The van der Waals surface area contributed by atoms with Gasteiger partial charge in [0.25, 0.3) is 0 Å². The summed E-state index contributed by atoms with van der Waals surface area (Å²) in [4.78, 5) is 8.46. The van der Waals surface area contributed by atoms with Gasteiger partial charge in [0.15, 0.2) is 5.13 Å². The van der Waals surface area contributed by atoms with Crippen molar-refractivity contribution in [2.75, 3.05) is 18.0 Å². The molecule has 102 valence electrons. The Morgan fingerprint density at radius 1 is 1.50 bits per heavy atom. The van der Waals surface area contributed by atoms with E-state index in [1.807, 2.05) is 17.5 Å². The van der Waals surface area contributed by atoms with Gasteiger partial charge in [0.1, 0.15) is 0 Å². The molecule has 1 aliphatic heterocycles. The topological polar surface area (TPSA) is 28.2 Å². The molecule has 2 rings (SSSR count). The van der Waals surface area contributed by atoms with Crippen LogP contribution >= 0.6 is 11.3 Å². The van der Waals surface area contributed by atoms with Crippen LogP contribution in [-0.4, -0.2) is 24.1 Å². The lowest BCUT2D eigenvalue weighted by Crippen LogP contribution is -2.40. The molecule has 0 amide bonds. The summed E-state index contributed by atoms with van der Waals surface area (Å²) in [6.45, 7) is 11.2. The van der Waals surface area contributed by atoms with Crippen molar-refractivity contribution in [2.45, 2.75) is 52.6 Å². The first-order valence-corrected chi connectivity index (χ1v) is 7.89. The number of nitrogens with one attached hydrogen (secondary N) is 1. The third kappa shape index (κ3) is 3.04. The molecule has 2 heterocycles. The highest BCUT2D eigenvalue weighted by Gasteiger charge is 2.25. The van der Waals surface area contributed by atoms with Crippen LogP contribution in [0.15, 0.2) is 6.20 Å². The first-order valence-electron chi connectivity index (χ1n) is 7.07. The molecule has 1 fully saturated rings. The van der Waals surface area contributed by atoms with Gasteiger partial charge in [0, 0.05) is 29.7 Å². The van der Waals surface area contributed by atoms with E-state index in [2.05, 4.69) is 42.9 Å². The van der Waals surface area contributed by atoms with Crippen molar-refractivity contribution in [3.8, 4) is 0 Å². The standard InChI is InChI=1S/C14H25N3S/c1-5-15-12(4)13-8-16-14(18-13)17-9-10(2)6-7-11(17)3/h8,10-12,15H,5-7,9H2,1-4H3. The minimum Gasteiger partial charge on any atom is -0.345 e. The SMILES string of the molecule is CCNC(C)c1cnc(N2CC(C)CCC2C)s1. The van der Waals surface area contributed by atoms with Crippen molar-refractivity contribution in [2.24, 2.45) is 5.92 Å². The number of hydrogen-bond acceptors (Lipinski definition) is 4. The Morgan fingerprint density at radius 3 is 3.00 bits per heavy atom. The van der Waals surface area contributed by atoms with Crippen LogP contribution < -0.4 is 10.2 Å². The van der Waals surface area contributed by atoms with Crippen molar-refractivity contribution in [1.29, 1.82) is 0 Å². The average Bonchev–Trinajstić information content (AvgIpc) is 2.82. The van der Waals surface area contributed by atoms with E-state index < -0.39 is 0 Å². The average molecular weight is 267 g/mol. The first kappa shape index (κ1) is 13.8. The van der Waals surface area contributed by atoms with Crippen LogP contribution in [0.2, 0.25) is 0 Å². The van der Waals surface area contributed by atoms with Crippen LogP contribution in [0.5, 0.6) is 0 Å². The van der Waals surface area contributed by atoms with Crippen molar-refractivity contribution < 1.29 is 0 Å². The molecular formula is C14H25N3S. The number of piperidine rings is 1. The molecule has 0 aromatic carbocycles. The Balaban J connectivity index is 2.08. The summed E-state index contributed by atoms with van der Waals surface area (Å²) in [6.07, 6.45) is 4.68. The zero-order valence-corrected chi connectivity index (χ0v) is 12.8. The van der Waals surface area contributed by atoms with E-state index >= 15 is 0 Å². The molecular weight excluding hydrogens is 242 g/mol. The lowest BCUT2D eigenvalue weighted by Gasteiger charge is -2.36. The van der Waals surface area contributed by atoms with E-state index in [0.717, 1.165) is 19.0 Å². The molecule has 3 atom stereocenters. The smallest absolute Gasteiger partial charge is 0.185 e. The number of hydrogen-bond donors (Lipinski definition) is 1. The van der Waals surface area contributed by atoms with Crippen molar-refractivity contribution in [3.05, 3.63) is 11.1 Å². The molecule has 0 spiro atoms.